The number of carbonyl (C=O) groups excluding carboxylic acids is 1. The molecule has 0 amide bonds. The van der Waals surface area contributed by atoms with Crippen molar-refractivity contribution in [2.45, 2.75) is 61.4 Å². The summed E-state index contributed by atoms with van der Waals surface area (Å²) in [6.07, 6.45) is -13.8. The second-order valence-corrected chi connectivity index (χ2v) is 8.19. The van der Waals surface area contributed by atoms with Gasteiger partial charge in [0.1, 0.15) is 48.8 Å². The standard InChI is InChI=1S/C22H30O14/c1-32-11-6-9(3-5-14(25)26)2-4-10(11)33-21-19(31)17(29)20(13(8-24)35-21)36-22-18(30)16(28)15(27)12(7-23)34-22/h2-6,12-13,15-24,27-31H,7-8H2,1H3,(H,25,26)/p-1/b5-3+/t12-,13-,15+,16+,17-,18-,19-,20-,21-,22+/m1/s1. The molecule has 0 saturated carbocycles. The lowest BCUT2D eigenvalue weighted by Gasteiger charge is -2.45. The van der Waals surface area contributed by atoms with E-state index in [1.807, 2.05) is 0 Å². The van der Waals surface area contributed by atoms with E-state index in [1.54, 1.807) is 0 Å². The molecule has 202 valence electrons. The molecule has 1 aromatic carbocycles. The third-order valence-corrected chi connectivity index (χ3v) is 5.80. The Kier molecular flexibility index (Phi) is 9.59. The molecule has 14 nitrogen and oxygen atoms in total. The van der Waals surface area contributed by atoms with Crippen LogP contribution in [-0.4, -0.2) is 123 Å². The van der Waals surface area contributed by atoms with E-state index in [0.29, 0.717) is 5.56 Å². The summed E-state index contributed by atoms with van der Waals surface area (Å²) in [6, 6.07) is 4.33. The molecule has 0 radical (unpaired) electrons. The fourth-order valence-electron chi connectivity index (χ4n) is 3.83. The van der Waals surface area contributed by atoms with Crippen molar-refractivity contribution in [3.05, 3.63) is 29.8 Å². The van der Waals surface area contributed by atoms with Crippen molar-refractivity contribution in [3.63, 3.8) is 0 Å². The number of aliphatic hydroxyl groups is 7. The fourth-order valence-corrected chi connectivity index (χ4v) is 3.83. The molecule has 0 bridgehead atoms. The predicted octanol–water partition coefficient (Wildman–Crippen LogP) is -4.54. The highest BCUT2D eigenvalue weighted by molar-refractivity contribution is 5.83. The van der Waals surface area contributed by atoms with E-state index in [1.165, 1.54) is 31.4 Å². The summed E-state index contributed by atoms with van der Waals surface area (Å²) >= 11 is 0. The lowest BCUT2D eigenvalue weighted by molar-refractivity contribution is -0.352. The predicted molar refractivity (Wildman–Crippen MR) is 114 cm³/mol. The normalized spacial score (nSPS) is 37.1. The van der Waals surface area contributed by atoms with Crippen LogP contribution in [0.1, 0.15) is 5.56 Å². The van der Waals surface area contributed by atoms with Crippen LogP contribution in [-0.2, 0) is 19.0 Å². The molecule has 1 aromatic rings. The molecule has 10 atom stereocenters. The van der Waals surface area contributed by atoms with Crippen LogP contribution in [0.4, 0.5) is 0 Å². The minimum Gasteiger partial charge on any atom is -0.545 e. The van der Waals surface area contributed by atoms with Crippen LogP contribution in [0, 0.1) is 0 Å². The molecule has 2 aliphatic heterocycles. The number of methoxy groups -OCH3 is 1. The summed E-state index contributed by atoms with van der Waals surface area (Å²) in [4.78, 5) is 10.6. The molecule has 2 aliphatic rings. The molecule has 14 heteroatoms. The van der Waals surface area contributed by atoms with Crippen LogP contribution in [0.2, 0.25) is 0 Å². The van der Waals surface area contributed by atoms with Crippen LogP contribution >= 0.6 is 0 Å². The van der Waals surface area contributed by atoms with E-state index in [2.05, 4.69) is 0 Å². The van der Waals surface area contributed by atoms with Crippen molar-refractivity contribution in [3.8, 4) is 11.5 Å². The molecule has 0 aliphatic carbocycles. The van der Waals surface area contributed by atoms with Gasteiger partial charge in [-0.1, -0.05) is 12.1 Å². The van der Waals surface area contributed by atoms with E-state index in [-0.39, 0.29) is 11.5 Å². The van der Waals surface area contributed by atoms with Crippen molar-refractivity contribution in [1.82, 2.24) is 0 Å². The van der Waals surface area contributed by atoms with Gasteiger partial charge in [0.25, 0.3) is 0 Å². The van der Waals surface area contributed by atoms with Gasteiger partial charge in [-0.2, -0.15) is 0 Å². The Bertz CT molecular complexity index is 905. The maximum absolute atomic E-state index is 10.7. The number of aliphatic hydroxyl groups excluding tert-OH is 7. The molecule has 2 heterocycles. The maximum Gasteiger partial charge on any atom is 0.229 e. The first kappa shape index (κ1) is 28.2. The zero-order valence-corrected chi connectivity index (χ0v) is 19.1. The number of carboxylic acids is 1. The molecule has 0 aromatic heterocycles. The number of ether oxygens (including phenoxy) is 5. The number of rotatable bonds is 9. The molecular weight excluding hydrogens is 488 g/mol. The Balaban J connectivity index is 1.74. The Morgan fingerprint density at radius 3 is 2.17 bits per heavy atom. The van der Waals surface area contributed by atoms with Gasteiger partial charge in [-0.3, -0.25) is 0 Å². The second-order valence-electron chi connectivity index (χ2n) is 8.19. The number of hydrogen-bond donors (Lipinski definition) is 7. The Morgan fingerprint density at radius 1 is 0.917 bits per heavy atom. The summed E-state index contributed by atoms with van der Waals surface area (Å²) < 4.78 is 27.2. The highest BCUT2D eigenvalue weighted by Crippen LogP contribution is 2.34. The van der Waals surface area contributed by atoms with Gasteiger partial charge >= 0.3 is 0 Å². The minimum atomic E-state index is -1.78. The number of benzene rings is 1. The molecule has 2 saturated heterocycles. The quantitative estimate of drug-likeness (QED) is 0.153. The monoisotopic (exact) mass is 517 g/mol. The number of carboxylic acid groups (broad SMARTS) is 1. The zero-order chi connectivity index (χ0) is 26.6. The summed E-state index contributed by atoms with van der Waals surface area (Å²) in [7, 11) is 1.32. The van der Waals surface area contributed by atoms with Crippen molar-refractivity contribution in [2.24, 2.45) is 0 Å². The summed E-state index contributed by atoms with van der Waals surface area (Å²) in [5.41, 5.74) is 0.440. The minimum absolute atomic E-state index is 0.0596. The molecule has 3 rings (SSSR count). The van der Waals surface area contributed by atoms with Gasteiger partial charge in [-0.25, -0.2) is 0 Å². The summed E-state index contributed by atoms with van der Waals surface area (Å²) in [5, 5.41) is 81.1. The topological polar surface area (TPSA) is 228 Å². The summed E-state index contributed by atoms with van der Waals surface area (Å²) in [5.74, 6) is -1.19. The molecule has 0 spiro atoms. The Morgan fingerprint density at radius 2 is 1.56 bits per heavy atom. The highest BCUT2D eigenvalue weighted by atomic mass is 16.7. The van der Waals surface area contributed by atoms with Gasteiger partial charge in [0.2, 0.25) is 6.29 Å². The van der Waals surface area contributed by atoms with E-state index >= 15 is 0 Å². The first-order valence-corrected chi connectivity index (χ1v) is 10.9. The average Bonchev–Trinajstić information content (AvgIpc) is 2.87. The number of carbonyl (C=O) groups is 1. The van der Waals surface area contributed by atoms with Gasteiger partial charge in [0.05, 0.1) is 26.3 Å². The fraction of sp³-hybridized carbons (Fsp3) is 0.591. The van der Waals surface area contributed by atoms with E-state index in [0.717, 1.165) is 6.08 Å². The van der Waals surface area contributed by atoms with E-state index in [4.69, 9.17) is 23.7 Å². The van der Waals surface area contributed by atoms with Crippen molar-refractivity contribution in [2.75, 3.05) is 20.3 Å². The van der Waals surface area contributed by atoms with Gasteiger partial charge < -0.3 is 69.3 Å². The maximum atomic E-state index is 10.7. The molecular formula is C22H29O14-. The van der Waals surface area contributed by atoms with Gasteiger partial charge in [0, 0.05) is 0 Å². The first-order chi connectivity index (χ1) is 17.1. The van der Waals surface area contributed by atoms with E-state index < -0.39 is 80.6 Å². The van der Waals surface area contributed by atoms with Crippen LogP contribution < -0.4 is 14.6 Å². The van der Waals surface area contributed by atoms with Gasteiger partial charge in [-0.05, 0) is 23.8 Å². The van der Waals surface area contributed by atoms with Crippen LogP contribution in [0.15, 0.2) is 24.3 Å². The SMILES string of the molecule is COc1cc(/C=C/C(=O)[O-])ccc1O[C@@H]1O[C@H](CO)[C@@H](O[C@@H]2O[C@H](CO)[C@H](O)[C@H](O)[C@H]2O)[C@H](O)[C@H]1O. The van der Waals surface area contributed by atoms with Crippen LogP contribution in [0.5, 0.6) is 11.5 Å². The smallest absolute Gasteiger partial charge is 0.229 e. The third kappa shape index (κ3) is 6.12. The largest absolute Gasteiger partial charge is 0.545 e. The molecule has 2 fully saturated rings. The highest BCUT2D eigenvalue weighted by Gasteiger charge is 2.51. The van der Waals surface area contributed by atoms with Gasteiger partial charge in [0.15, 0.2) is 17.8 Å². The number of aliphatic carboxylic acids is 1. The third-order valence-electron chi connectivity index (χ3n) is 5.80. The lowest BCUT2D eigenvalue weighted by Crippen LogP contribution is -2.65. The Labute approximate surface area is 205 Å². The molecule has 36 heavy (non-hydrogen) atoms. The number of hydrogen-bond acceptors (Lipinski definition) is 14. The van der Waals surface area contributed by atoms with E-state index in [9.17, 15) is 45.6 Å². The first-order valence-electron chi connectivity index (χ1n) is 10.9. The Hall–Kier alpha value is -2.37. The second kappa shape index (κ2) is 12.2. The van der Waals surface area contributed by atoms with Crippen molar-refractivity contribution >= 4 is 12.0 Å². The van der Waals surface area contributed by atoms with Gasteiger partial charge in [-0.15, -0.1) is 0 Å². The zero-order valence-electron chi connectivity index (χ0n) is 19.1. The summed E-state index contributed by atoms with van der Waals surface area (Å²) in [6.45, 7) is -1.43. The lowest BCUT2D eigenvalue weighted by atomic mass is 9.97. The van der Waals surface area contributed by atoms with Crippen molar-refractivity contribution < 1.29 is 69.3 Å². The molecule has 0 unspecified atom stereocenters. The van der Waals surface area contributed by atoms with Crippen LogP contribution in [0.3, 0.4) is 0 Å². The molecule has 7 N–H and O–H groups in total. The van der Waals surface area contributed by atoms with Crippen LogP contribution in [0.25, 0.3) is 6.08 Å². The van der Waals surface area contributed by atoms with Crippen molar-refractivity contribution in [1.29, 1.82) is 0 Å². The average molecular weight is 517 g/mol.